The molecule has 4 nitrogen and oxygen atoms in total. The Morgan fingerprint density at radius 2 is 1.71 bits per heavy atom. The van der Waals surface area contributed by atoms with Crippen LogP contribution in [0.2, 0.25) is 0 Å². The molecule has 0 bridgehead atoms. The average molecular weight is 234 g/mol. The molecule has 1 aliphatic heterocycles. The summed E-state index contributed by atoms with van der Waals surface area (Å²) in [6, 6.07) is 1.88. The Hall–Kier alpha value is -1.07. The van der Waals surface area contributed by atoms with Crippen LogP contribution in [-0.2, 0) is 9.31 Å². The van der Waals surface area contributed by atoms with Crippen molar-refractivity contribution in [1.82, 2.24) is 4.98 Å². The second-order valence-corrected chi connectivity index (χ2v) is 5.52. The third-order valence-electron chi connectivity index (χ3n) is 3.72. The summed E-state index contributed by atoms with van der Waals surface area (Å²) in [6.07, 6.45) is 1.73. The molecular formula is C12H19BN2O2. The number of rotatable bonds is 1. The fourth-order valence-corrected chi connectivity index (χ4v) is 1.73. The Labute approximate surface area is 103 Å². The zero-order valence-corrected chi connectivity index (χ0v) is 11.1. The number of pyridine rings is 1. The van der Waals surface area contributed by atoms with Gasteiger partial charge in [0, 0.05) is 6.20 Å². The van der Waals surface area contributed by atoms with Crippen molar-refractivity contribution in [3.05, 3.63) is 17.8 Å². The number of hydrogen-bond acceptors (Lipinski definition) is 4. The molecule has 0 atom stereocenters. The number of nitrogen functional groups attached to an aromatic ring is 1. The molecule has 1 aliphatic rings. The molecule has 0 aromatic carbocycles. The summed E-state index contributed by atoms with van der Waals surface area (Å²) in [5, 5.41) is 0. The summed E-state index contributed by atoms with van der Waals surface area (Å²) in [5.74, 6) is 0. The predicted octanol–water partition coefficient (Wildman–Crippen LogP) is 1.27. The van der Waals surface area contributed by atoms with Crippen LogP contribution in [0.3, 0.4) is 0 Å². The maximum absolute atomic E-state index is 6.02. The highest BCUT2D eigenvalue weighted by atomic mass is 16.7. The second-order valence-electron chi connectivity index (χ2n) is 5.52. The minimum Gasteiger partial charge on any atom is -0.398 e. The fraction of sp³-hybridized carbons (Fsp3) is 0.583. The monoisotopic (exact) mass is 234 g/mol. The molecule has 2 N–H and O–H groups in total. The van der Waals surface area contributed by atoms with Gasteiger partial charge in [0.25, 0.3) is 0 Å². The van der Waals surface area contributed by atoms with E-state index in [4.69, 9.17) is 15.0 Å². The van der Waals surface area contributed by atoms with Crippen molar-refractivity contribution < 1.29 is 9.31 Å². The molecule has 2 heterocycles. The maximum atomic E-state index is 6.02. The maximum Gasteiger partial charge on any atom is 0.516 e. The first-order chi connectivity index (χ1) is 7.74. The van der Waals surface area contributed by atoms with Gasteiger partial charge in [0.15, 0.2) is 0 Å². The van der Waals surface area contributed by atoms with Crippen LogP contribution in [0, 0.1) is 6.92 Å². The molecule has 0 amide bonds. The topological polar surface area (TPSA) is 57.4 Å². The average Bonchev–Trinajstić information content (AvgIpc) is 2.40. The zero-order valence-electron chi connectivity index (χ0n) is 11.1. The number of nitrogens with zero attached hydrogens (tertiary/aromatic N) is 1. The summed E-state index contributed by atoms with van der Waals surface area (Å²) < 4.78 is 11.8. The Bertz CT molecular complexity index is 430. The van der Waals surface area contributed by atoms with Gasteiger partial charge in [-0.05, 0) is 46.2 Å². The third-order valence-corrected chi connectivity index (χ3v) is 3.72. The Kier molecular flexibility index (Phi) is 2.71. The molecule has 5 heteroatoms. The molecule has 0 spiro atoms. The van der Waals surface area contributed by atoms with E-state index in [1.54, 1.807) is 6.20 Å². The van der Waals surface area contributed by atoms with Gasteiger partial charge in [-0.15, -0.1) is 0 Å². The van der Waals surface area contributed by atoms with E-state index in [0.29, 0.717) is 11.3 Å². The van der Waals surface area contributed by atoms with Crippen molar-refractivity contribution in [1.29, 1.82) is 0 Å². The van der Waals surface area contributed by atoms with E-state index in [1.165, 1.54) is 0 Å². The number of hydrogen-bond donors (Lipinski definition) is 1. The Balaban J connectivity index is 2.36. The largest absolute Gasteiger partial charge is 0.516 e. The summed E-state index contributed by atoms with van der Waals surface area (Å²) in [7, 11) is -0.486. The quantitative estimate of drug-likeness (QED) is 0.743. The van der Waals surface area contributed by atoms with Crippen LogP contribution in [0.15, 0.2) is 12.3 Å². The van der Waals surface area contributed by atoms with E-state index in [2.05, 4.69) is 4.98 Å². The molecule has 1 saturated heterocycles. The smallest absolute Gasteiger partial charge is 0.398 e. The van der Waals surface area contributed by atoms with Crippen molar-refractivity contribution >= 4 is 18.4 Å². The van der Waals surface area contributed by atoms with Crippen molar-refractivity contribution in [3.8, 4) is 0 Å². The molecule has 92 valence electrons. The third kappa shape index (κ3) is 1.94. The zero-order chi connectivity index (χ0) is 12.8. The summed E-state index contributed by atoms with van der Waals surface area (Å²) >= 11 is 0. The van der Waals surface area contributed by atoms with Gasteiger partial charge in [-0.3, -0.25) is 4.98 Å². The summed E-state index contributed by atoms with van der Waals surface area (Å²) in [6.45, 7) is 10.0. The molecule has 0 radical (unpaired) electrons. The van der Waals surface area contributed by atoms with Crippen LogP contribution >= 0.6 is 0 Å². The molecule has 2 rings (SSSR count). The van der Waals surface area contributed by atoms with Crippen LogP contribution in [0.4, 0.5) is 5.69 Å². The first-order valence-corrected chi connectivity index (χ1v) is 5.81. The van der Waals surface area contributed by atoms with Crippen LogP contribution < -0.4 is 11.3 Å². The predicted molar refractivity (Wildman–Crippen MR) is 69.1 cm³/mol. The molecule has 1 aromatic rings. The van der Waals surface area contributed by atoms with E-state index in [9.17, 15) is 0 Å². The standard InChI is InChI=1S/C12H19BN2O2/c1-8-6-7-15-10(9(8)14)13-16-11(2,3)12(4,5)17-13/h6-7H,14H2,1-5H3. The van der Waals surface area contributed by atoms with Crippen molar-refractivity contribution in [2.45, 2.75) is 45.8 Å². The van der Waals surface area contributed by atoms with Crippen molar-refractivity contribution in [2.24, 2.45) is 0 Å². The second kappa shape index (κ2) is 3.72. The van der Waals surface area contributed by atoms with Crippen LogP contribution in [0.25, 0.3) is 0 Å². The molecule has 1 fully saturated rings. The van der Waals surface area contributed by atoms with Crippen LogP contribution in [-0.4, -0.2) is 23.3 Å². The number of nitrogens with two attached hydrogens (primary N) is 1. The van der Waals surface area contributed by atoms with Gasteiger partial charge in [-0.25, -0.2) is 0 Å². The molecule has 17 heavy (non-hydrogen) atoms. The lowest BCUT2D eigenvalue weighted by molar-refractivity contribution is 0.00578. The Morgan fingerprint density at radius 1 is 1.18 bits per heavy atom. The molecule has 0 saturated carbocycles. The SMILES string of the molecule is Cc1ccnc(B2OC(C)(C)C(C)(C)O2)c1N. The van der Waals surface area contributed by atoms with E-state index >= 15 is 0 Å². The van der Waals surface area contributed by atoms with E-state index < -0.39 is 7.12 Å². The number of anilines is 1. The van der Waals surface area contributed by atoms with Gasteiger partial charge < -0.3 is 15.0 Å². The van der Waals surface area contributed by atoms with Gasteiger partial charge in [-0.1, -0.05) is 0 Å². The van der Waals surface area contributed by atoms with Gasteiger partial charge in [-0.2, -0.15) is 0 Å². The van der Waals surface area contributed by atoms with Crippen molar-refractivity contribution in [3.63, 3.8) is 0 Å². The minimum atomic E-state index is -0.486. The normalized spacial score (nSPS) is 21.8. The molecular weight excluding hydrogens is 215 g/mol. The lowest BCUT2D eigenvalue weighted by Gasteiger charge is -2.32. The van der Waals surface area contributed by atoms with E-state index in [-0.39, 0.29) is 11.2 Å². The van der Waals surface area contributed by atoms with Gasteiger partial charge >= 0.3 is 7.12 Å². The number of aryl methyl sites for hydroxylation is 1. The molecule has 0 unspecified atom stereocenters. The molecule has 1 aromatic heterocycles. The van der Waals surface area contributed by atoms with E-state index in [0.717, 1.165) is 5.56 Å². The minimum absolute atomic E-state index is 0.366. The summed E-state index contributed by atoms with van der Waals surface area (Å²) in [5.41, 5.74) is 7.59. The fourth-order valence-electron chi connectivity index (χ4n) is 1.73. The van der Waals surface area contributed by atoms with Gasteiger partial charge in [0.2, 0.25) is 0 Å². The Morgan fingerprint density at radius 3 is 2.24 bits per heavy atom. The highest BCUT2D eigenvalue weighted by molar-refractivity contribution is 6.62. The van der Waals surface area contributed by atoms with Crippen LogP contribution in [0.5, 0.6) is 0 Å². The first-order valence-electron chi connectivity index (χ1n) is 5.81. The highest BCUT2D eigenvalue weighted by Crippen LogP contribution is 2.36. The highest BCUT2D eigenvalue weighted by Gasteiger charge is 2.52. The van der Waals surface area contributed by atoms with E-state index in [1.807, 2.05) is 40.7 Å². The lowest BCUT2D eigenvalue weighted by Crippen LogP contribution is -2.41. The van der Waals surface area contributed by atoms with Crippen molar-refractivity contribution in [2.75, 3.05) is 5.73 Å². The van der Waals surface area contributed by atoms with Gasteiger partial charge in [0.1, 0.15) is 0 Å². The van der Waals surface area contributed by atoms with Gasteiger partial charge in [0.05, 0.1) is 22.5 Å². The van der Waals surface area contributed by atoms with Crippen LogP contribution in [0.1, 0.15) is 33.3 Å². The number of aromatic nitrogens is 1. The molecule has 0 aliphatic carbocycles. The first kappa shape index (κ1) is 12.4. The lowest BCUT2D eigenvalue weighted by atomic mass is 9.82. The summed E-state index contributed by atoms with van der Waals surface area (Å²) in [4.78, 5) is 4.28.